The van der Waals surface area contributed by atoms with E-state index >= 15 is 0 Å². The summed E-state index contributed by atoms with van der Waals surface area (Å²) < 4.78 is 5.01. The van der Waals surface area contributed by atoms with Crippen LogP contribution in [0.5, 0.6) is 0 Å². The average molecular weight is 275 g/mol. The second kappa shape index (κ2) is 8.36. The van der Waals surface area contributed by atoms with E-state index in [4.69, 9.17) is 9.84 Å². The van der Waals surface area contributed by atoms with Crippen LogP contribution in [-0.2, 0) is 16.1 Å². The van der Waals surface area contributed by atoms with Crippen molar-refractivity contribution in [2.75, 3.05) is 20.8 Å². The molecule has 4 nitrogen and oxygen atoms in total. The highest BCUT2D eigenvalue weighted by atomic mass is 16.5. The molecule has 1 aromatic rings. The van der Waals surface area contributed by atoms with Gasteiger partial charge in [-0.25, -0.2) is 0 Å². The van der Waals surface area contributed by atoms with Crippen LogP contribution >= 0.6 is 0 Å². The molecule has 0 spiro atoms. The molecular weight excluding hydrogens is 254 g/mol. The lowest BCUT2D eigenvalue weighted by Crippen LogP contribution is -2.35. The van der Waals surface area contributed by atoms with Gasteiger partial charge in [0, 0.05) is 32.7 Å². The normalized spacial score (nSPS) is 11.4. The Morgan fingerprint density at radius 1 is 1.40 bits per heavy atom. The first-order valence-electron chi connectivity index (χ1n) is 6.55. The molecule has 1 unspecified atom stereocenters. The topological polar surface area (TPSA) is 49.8 Å². The third-order valence-corrected chi connectivity index (χ3v) is 2.92. The van der Waals surface area contributed by atoms with E-state index < -0.39 is 6.10 Å². The Morgan fingerprint density at radius 3 is 2.60 bits per heavy atom. The maximum absolute atomic E-state index is 11.9. The second-order valence-electron chi connectivity index (χ2n) is 4.54. The SMILES string of the molecule is COC(C)C(=O)N(C)Cc1ccc(C#CCCO)cc1. The summed E-state index contributed by atoms with van der Waals surface area (Å²) in [5, 5.41) is 8.65. The van der Waals surface area contributed by atoms with Crippen molar-refractivity contribution in [2.24, 2.45) is 0 Å². The Labute approximate surface area is 120 Å². The van der Waals surface area contributed by atoms with Crippen LogP contribution in [0, 0.1) is 11.8 Å². The van der Waals surface area contributed by atoms with E-state index in [1.54, 1.807) is 18.9 Å². The van der Waals surface area contributed by atoms with Crippen molar-refractivity contribution in [1.29, 1.82) is 0 Å². The lowest BCUT2D eigenvalue weighted by atomic mass is 10.1. The van der Waals surface area contributed by atoms with E-state index in [9.17, 15) is 4.79 Å². The van der Waals surface area contributed by atoms with Gasteiger partial charge >= 0.3 is 0 Å². The van der Waals surface area contributed by atoms with Crippen LogP contribution in [-0.4, -0.2) is 42.8 Å². The number of amides is 1. The molecule has 108 valence electrons. The Balaban J connectivity index is 2.62. The highest BCUT2D eigenvalue weighted by Crippen LogP contribution is 2.07. The third kappa shape index (κ3) is 5.04. The highest BCUT2D eigenvalue weighted by Gasteiger charge is 2.16. The Morgan fingerprint density at radius 2 is 2.05 bits per heavy atom. The van der Waals surface area contributed by atoms with Crippen LogP contribution in [0.25, 0.3) is 0 Å². The maximum atomic E-state index is 11.9. The molecular formula is C16H21NO3. The number of ether oxygens (including phenoxy) is 1. The van der Waals surface area contributed by atoms with Crippen molar-refractivity contribution < 1.29 is 14.6 Å². The minimum atomic E-state index is -0.427. The van der Waals surface area contributed by atoms with Gasteiger partial charge in [-0.15, -0.1) is 0 Å². The number of rotatable bonds is 5. The predicted molar refractivity (Wildman–Crippen MR) is 78.0 cm³/mol. The molecule has 0 aliphatic carbocycles. The molecule has 0 fully saturated rings. The number of likely N-dealkylation sites (N-methyl/N-ethyl adjacent to an activating group) is 1. The Hall–Kier alpha value is -1.83. The summed E-state index contributed by atoms with van der Waals surface area (Å²) in [7, 11) is 3.28. The number of hydrogen-bond acceptors (Lipinski definition) is 3. The van der Waals surface area contributed by atoms with E-state index in [2.05, 4.69) is 11.8 Å². The predicted octanol–water partition coefficient (Wildman–Crippen LogP) is 1.41. The van der Waals surface area contributed by atoms with Gasteiger partial charge in [0.15, 0.2) is 0 Å². The van der Waals surface area contributed by atoms with Gasteiger partial charge in [0.1, 0.15) is 6.10 Å². The molecule has 0 aliphatic rings. The van der Waals surface area contributed by atoms with Crippen molar-refractivity contribution >= 4 is 5.91 Å². The minimum absolute atomic E-state index is 0.0423. The molecule has 1 rings (SSSR count). The van der Waals surface area contributed by atoms with Gasteiger partial charge < -0.3 is 14.7 Å². The molecule has 0 aliphatic heterocycles. The highest BCUT2D eigenvalue weighted by molar-refractivity contribution is 5.80. The Bertz CT molecular complexity index is 485. The van der Waals surface area contributed by atoms with Gasteiger partial charge in [0.2, 0.25) is 0 Å². The number of carbonyl (C=O) groups is 1. The summed E-state index contributed by atoms with van der Waals surface area (Å²) in [4.78, 5) is 13.5. The molecule has 1 N–H and O–H groups in total. The van der Waals surface area contributed by atoms with Gasteiger partial charge in [-0.05, 0) is 24.6 Å². The van der Waals surface area contributed by atoms with Crippen LogP contribution in [0.1, 0.15) is 24.5 Å². The van der Waals surface area contributed by atoms with Crippen LogP contribution < -0.4 is 0 Å². The van der Waals surface area contributed by atoms with E-state index in [0.717, 1.165) is 11.1 Å². The fraction of sp³-hybridized carbons (Fsp3) is 0.438. The summed E-state index contributed by atoms with van der Waals surface area (Å²) in [6.07, 6.45) is 0.0529. The van der Waals surface area contributed by atoms with Gasteiger partial charge in [-0.3, -0.25) is 4.79 Å². The molecule has 0 heterocycles. The fourth-order valence-electron chi connectivity index (χ4n) is 1.68. The third-order valence-electron chi connectivity index (χ3n) is 2.92. The largest absolute Gasteiger partial charge is 0.395 e. The van der Waals surface area contributed by atoms with Crippen LogP contribution in [0.15, 0.2) is 24.3 Å². The van der Waals surface area contributed by atoms with Gasteiger partial charge in [0.05, 0.1) is 6.61 Å². The van der Waals surface area contributed by atoms with Crippen molar-refractivity contribution in [2.45, 2.75) is 26.0 Å². The molecule has 1 amide bonds. The van der Waals surface area contributed by atoms with Crippen LogP contribution in [0.3, 0.4) is 0 Å². The van der Waals surface area contributed by atoms with E-state index in [1.807, 2.05) is 24.3 Å². The number of hydrogen-bond donors (Lipinski definition) is 1. The van der Waals surface area contributed by atoms with Crippen molar-refractivity contribution in [1.82, 2.24) is 4.90 Å². The second-order valence-corrected chi connectivity index (χ2v) is 4.54. The number of methoxy groups -OCH3 is 1. The lowest BCUT2D eigenvalue weighted by Gasteiger charge is -2.20. The molecule has 0 radical (unpaired) electrons. The maximum Gasteiger partial charge on any atom is 0.251 e. The molecule has 4 heteroatoms. The van der Waals surface area contributed by atoms with E-state index in [0.29, 0.717) is 13.0 Å². The zero-order valence-corrected chi connectivity index (χ0v) is 12.2. The number of nitrogens with zero attached hydrogens (tertiary/aromatic N) is 1. The molecule has 1 atom stereocenters. The molecule has 20 heavy (non-hydrogen) atoms. The van der Waals surface area contributed by atoms with Crippen molar-refractivity contribution in [3.05, 3.63) is 35.4 Å². The summed E-state index contributed by atoms with van der Waals surface area (Å²) in [6, 6.07) is 7.73. The summed E-state index contributed by atoms with van der Waals surface area (Å²) in [6.45, 7) is 2.35. The molecule has 0 aromatic heterocycles. The molecule has 1 aromatic carbocycles. The Kier molecular flexibility index (Phi) is 6.78. The first kappa shape index (κ1) is 16.2. The molecule has 0 saturated heterocycles. The molecule has 0 saturated carbocycles. The van der Waals surface area contributed by atoms with Gasteiger partial charge in [-0.2, -0.15) is 0 Å². The fourth-order valence-corrected chi connectivity index (χ4v) is 1.68. The van der Waals surface area contributed by atoms with Crippen molar-refractivity contribution in [3.8, 4) is 11.8 Å². The van der Waals surface area contributed by atoms with E-state index in [1.165, 1.54) is 7.11 Å². The van der Waals surface area contributed by atoms with Crippen molar-refractivity contribution in [3.63, 3.8) is 0 Å². The lowest BCUT2D eigenvalue weighted by molar-refractivity contribution is -0.140. The standard InChI is InChI=1S/C16H21NO3/c1-13(20-3)16(19)17(2)12-15-9-7-14(8-10-15)6-4-5-11-18/h7-10,13,18H,5,11-12H2,1-3H3. The van der Waals surface area contributed by atoms with Gasteiger partial charge in [0.25, 0.3) is 5.91 Å². The quantitative estimate of drug-likeness (QED) is 0.827. The summed E-state index contributed by atoms with van der Waals surface area (Å²) >= 11 is 0. The van der Waals surface area contributed by atoms with E-state index in [-0.39, 0.29) is 12.5 Å². The zero-order chi connectivity index (χ0) is 15.0. The first-order chi connectivity index (χ1) is 9.58. The van der Waals surface area contributed by atoms with Gasteiger partial charge in [-0.1, -0.05) is 24.0 Å². The smallest absolute Gasteiger partial charge is 0.251 e. The van der Waals surface area contributed by atoms with Crippen LogP contribution in [0.2, 0.25) is 0 Å². The summed E-state index contributed by atoms with van der Waals surface area (Å²) in [5.41, 5.74) is 1.94. The molecule has 0 bridgehead atoms. The number of aliphatic hydroxyl groups is 1. The first-order valence-corrected chi connectivity index (χ1v) is 6.55. The van der Waals surface area contributed by atoms with Crippen LogP contribution in [0.4, 0.5) is 0 Å². The zero-order valence-electron chi connectivity index (χ0n) is 12.2. The number of benzene rings is 1. The monoisotopic (exact) mass is 275 g/mol. The minimum Gasteiger partial charge on any atom is -0.395 e. The number of carbonyl (C=O) groups excluding carboxylic acids is 1. The average Bonchev–Trinajstić information content (AvgIpc) is 2.47. The summed E-state index contributed by atoms with van der Waals surface area (Å²) in [5.74, 6) is 5.79. The number of aliphatic hydroxyl groups excluding tert-OH is 1.